The average molecular weight is 338 g/mol. The van der Waals surface area contributed by atoms with Gasteiger partial charge in [0.15, 0.2) is 27.9 Å². The van der Waals surface area contributed by atoms with Crippen molar-refractivity contribution in [3.8, 4) is 17.6 Å². The van der Waals surface area contributed by atoms with Crippen molar-refractivity contribution in [2.45, 2.75) is 6.92 Å². The Morgan fingerprint density at radius 3 is 2.61 bits per heavy atom. The zero-order chi connectivity index (χ0) is 17.5. The molecule has 1 aromatic rings. The standard InChI is InChI=1S/C15H18N2O5S/c1-4-17-15(18)10-22-13-6-5-11(8-14(13)21-2)7-12(9-16)23(3,19)20/h5-8H,4,10H2,1-3H3,(H,17,18)/b12-7+. The number of rotatable bonds is 7. The first-order valence-electron chi connectivity index (χ1n) is 6.71. The van der Waals surface area contributed by atoms with Crippen molar-refractivity contribution in [2.75, 3.05) is 26.5 Å². The number of ether oxygens (including phenoxy) is 2. The molecule has 1 aromatic carbocycles. The van der Waals surface area contributed by atoms with Gasteiger partial charge in [0.1, 0.15) is 11.0 Å². The lowest BCUT2D eigenvalue weighted by Crippen LogP contribution is -2.28. The predicted molar refractivity (Wildman–Crippen MR) is 85.6 cm³/mol. The molecule has 0 saturated carbocycles. The van der Waals surface area contributed by atoms with Crippen molar-refractivity contribution in [3.05, 3.63) is 28.7 Å². The molecule has 0 unspecified atom stereocenters. The van der Waals surface area contributed by atoms with Crippen LogP contribution < -0.4 is 14.8 Å². The van der Waals surface area contributed by atoms with Gasteiger partial charge in [-0.15, -0.1) is 0 Å². The Morgan fingerprint density at radius 2 is 2.09 bits per heavy atom. The molecule has 0 aliphatic heterocycles. The molecule has 0 saturated heterocycles. The number of hydrogen-bond donors (Lipinski definition) is 1. The fourth-order valence-corrected chi connectivity index (χ4v) is 2.17. The van der Waals surface area contributed by atoms with Crippen LogP contribution in [-0.4, -0.2) is 40.8 Å². The van der Waals surface area contributed by atoms with Crippen molar-refractivity contribution in [2.24, 2.45) is 0 Å². The Labute approximate surface area is 135 Å². The summed E-state index contributed by atoms with van der Waals surface area (Å²) in [6, 6.07) is 6.28. The van der Waals surface area contributed by atoms with Gasteiger partial charge in [0, 0.05) is 12.8 Å². The highest BCUT2D eigenvalue weighted by molar-refractivity contribution is 7.95. The van der Waals surface area contributed by atoms with E-state index in [1.807, 2.05) is 0 Å². The van der Waals surface area contributed by atoms with Crippen molar-refractivity contribution < 1.29 is 22.7 Å². The maximum atomic E-state index is 11.4. The molecule has 1 N–H and O–H groups in total. The largest absolute Gasteiger partial charge is 0.493 e. The number of allylic oxidation sites excluding steroid dienone is 1. The molecule has 23 heavy (non-hydrogen) atoms. The van der Waals surface area contributed by atoms with Crippen LogP contribution in [0.1, 0.15) is 12.5 Å². The molecular formula is C15H18N2O5S. The second-order valence-electron chi connectivity index (χ2n) is 4.55. The SMILES string of the molecule is CCNC(=O)COc1ccc(/C=C(\C#N)S(C)(=O)=O)cc1OC. The van der Waals surface area contributed by atoms with Crippen LogP contribution >= 0.6 is 0 Å². The van der Waals surface area contributed by atoms with Crippen molar-refractivity contribution in [1.82, 2.24) is 5.32 Å². The van der Waals surface area contributed by atoms with Crippen molar-refractivity contribution >= 4 is 21.8 Å². The van der Waals surface area contributed by atoms with Gasteiger partial charge in [0.2, 0.25) is 0 Å². The molecule has 0 fully saturated rings. The van der Waals surface area contributed by atoms with Crippen LogP contribution in [0.5, 0.6) is 11.5 Å². The number of sulfone groups is 1. The predicted octanol–water partition coefficient (Wildman–Crippen LogP) is 1.12. The summed E-state index contributed by atoms with van der Waals surface area (Å²) in [7, 11) is -2.18. The summed E-state index contributed by atoms with van der Waals surface area (Å²) >= 11 is 0. The van der Waals surface area contributed by atoms with Crippen LogP contribution in [-0.2, 0) is 14.6 Å². The van der Waals surface area contributed by atoms with Gasteiger partial charge in [0.05, 0.1) is 7.11 Å². The molecule has 124 valence electrons. The molecule has 8 heteroatoms. The lowest BCUT2D eigenvalue weighted by Gasteiger charge is -2.11. The van der Waals surface area contributed by atoms with E-state index in [0.717, 1.165) is 6.26 Å². The third-order valence-corrected chi connectivity index (χ3v) is 3.74. The summed E-state index contributed by atoms with van der Waals surface area (Å²) in [5.74, 6) is 0.407. The first-order valence-corrected chi connectivity index (χ1v) is 8.60. The van der Waals surface area contributed by atoms with Gasteiger partial charge < -0.3 is 14.8 Å². The quantitative estimate of drug-likeness (QED) is 0.747. The van der Waals surface area contributed by atoms with Gasteiger partial charge >= 0.3 is 0 Å². The van der Waals surface area contributed by atoms with Crippen molar-refractivity contribution in [1.29, 1.82) is 5.26 Å². The third kappa shape index (κ3) is 5.64. The summed E-state index contributed by atoms with van der Waals surface area (Å²) in [5, 5.41) is 11.5. The average Bonchev–Trinajstić information content (AvgIpc) is 2.50. The Bertz CT molecular complexity index is 748. The monoisotopic (exact) mass is 338 g/mol. The second kappa shape index (κ2) is 8.19. The summed E-state index contributed by atoms with van der Waals surface area (Å²) in [6.45, 7) is 2.14. The van der Waals surface area contributed by atoms with Gasteiger partial charge in [-0.2, -0.15) is 5.26 Å². The molecule has 0 atom stereocenters. The minimum absolute atomic E-state index is 0.161. The van der Waals surface area contributed by atoms with Crippen LogP contribution in [0.3, 0.4) is 0 Å². The van der Waals surface area contributed by atoms with E-state index in [2.05, 4.69) is 5.32 Å². The topological polar surface area (TPSA) is 105 Å². The summed E-state index contributed by atoms with van der Waals surface area (Å²) in [4.78, 5) is 11.0. The van der Waals surface area contributed by atoms with Crippen LogP contribution in [0.15, 0.2) is 23.1 Å². The van der Waals surface area contributed by atoms with E-state index >= 15 is 0 Å². The highest BCUT2D eigenvalue weighted by Crippen LogP contribution is 2.29. The van der Waals surface area contributed by atoms with E-state index in [4.69, 9.17) is 14.7 Å². The Hall–Kier alpha value is -2.53. The zero-order valence-corrected chi connectivity index (χ0v) is 13.9. The summed E-state index contributed by atoms with van der Waals surface area (Å²) < 4.78 is 33.4. The van der Waals surface area contributed by atoms with E-state index in [0.29, 0.717) is 23.6 Å². The first-order chi connectivity index (χ1) is 10.8. The Balaban J connectivity index is 3.03. The minimum atomic E-state index is -3.60. The molecule has 0 aromatic heterocycles. The molecule has 0 heterocycles. The lowest BCUT2D eigenvalue weighted by molar-refractivity contribution is -0.123. The molecule has 0 spiro atoms. The van der Waals surface area contributed by atoms with E-state index in [1.54, 1.807) is 25.1 Å². The molecule has 0 aliphatic carbocycles. The fraction of sp³-hybridized carbons (Fsp3) is 0.333. The number of nitriles is 1. The number of benzene rings is 1. The second-order valence-corrected chi connectivity index (χ2v) is 6.53. The number of likely N-dealkylation sites (N-methyl/N-ethyl adjacent to an activating group) is 1. The molecule has 1 rings (SSSR count). The van der Waals surface area contributed by atoms with Crippen LogP contribution in [0.4, 0.5) is 0 Å². The van der Waals surface area contributed by atoms with Gasteiger partial charge in [-0.3, -0.25) is 4.79 Å². The zero-order valence-electron chi connectivity index (χ0n) is 13.1. The van der Waals surface area contributed by atoms with Gasteiger partial charge in [-0.05, 0) is 30.7 Å². The van der Waals surface area contributed by atoms with Crippen LogP contribution in [0, 0.1) is 11.3 Å². The minimum Gasteiger partial charge on any atom is -0.493 e. The van der Waals surface area contributed by atoms with Crippen LogP contribution in [0.25, 0.3) is 6.08 Å². The summed E-state index contributed by atoms with van der Waals surface area (Å²) in [5.41, 5.74) is 0.467. The van der Waals surface area contributed by atoms with Crippen LogP contribution in [0.2, 0.25) is 0 Å². The number of hydrogen-bond acceptors (Lipinski definition) is 6. The third-order valence-electron chi connectivity index (χ3n) is 2.73. The number of methoxy groups -OCH3 is 1. The number of carbonyl (C=O) groups is 1. The molecule has 0 radical (unpaired) electrons. The van der Waals surface area contributed by atoms with Gasteiger partial charge in [0.25, 0.3) is 5.91 Å². The molecule has 0 aliphatic rings. The Kier molecular flexibility index (Phi) is 6.60. The normalized spacial score (nSPS) is 11.5. The Morgan fingerprint density at radius 1 is 1.39 bits per heavy atom. The fourth-order valence-electron chi connectivity index (χ4n) is 1.66. The van der Waals surface area contributed by atoms with Gasteiger partial charge in [-0.25, -0.2) is 8.42 Å². The van der Waals surface area contributed by atoms with E-state index < -0.39 is 9.84 Å². The van der Waals surface area contributed by atoms with Crippen molar-refractivity contribution in [3.63, 3.8) is 0 Å². The molecule has 7 nitrogen and oxygen atoms in total. The number of carbonyl (C=O) groups excluding carboxylic acids is 1. The summed E-state index contributed by atoms with van der Waals surface area (Å²) in [6.07, 6.45) is 2.20. The van der Waals surface area contributed by atoms with E-state index in [1.165, 1.54) is 19.3 Å². The lowest BCUT2D eigenvalue weighted by atomic mass is 10.2. The highest BCUT2D eigenvalue weighted by Gasteiger charge is 2.12. The smallest absolute Gasteiger partial charge is 0.257 e. The van der Waals surface area contributed by atoms with Gasteiger partial charge in [-0.1, -0.05) is 6.07 Å². The number of nitrogens with one attached hydrogen (secondary N) is 1. The number of nitrogens with zero attached hydrogens (tertiary/aromatic N) is 1. The maximum absolute atomic E-state index is 11.4. The molecular weight excluding hydrogens is 320 g/mol. The molecule has 1 amide bonds. The maximum Gasteiger partial charge on any atom is 0.257 e. The van der Waals surface area contributed by atoms with E-state index in [9.17, 15) is 13.2 Å². The first kappa shape index (κ1) is 18.5. The van der Waals surface area contributed by atoms with E-state index in [-0.39, 0.29) is 17.4 Å². The highest BCUT2D eigenvalue weighted by atomic mass is 32.2. The molecule has 0 bridgehead atoms. The number of amides is 1.